The van der Waals surface area contributed by atoms with Crippen LogP contribution in [-0.4, -0.2) is 44.4 Å². The number of thiophene rings is 1. The summed E-state index contributed by atoms with van der Waals surface area (Å²) in [5.41, 5.74) is 1.07. The van der Waals surface area contributed by atoms with Gasteiger partial charge in [-0.3, -0.25) is 0 Å². The van der Waals surface area contributed by atoms with Crippen LogP contribution < -0.4 is 5.32 Å². The second-order valence-electron chi connectivity index (χ2n) is 5.15. The van der Waals surface area contributed by atoms with Crippen LogP contribution in [0.2, 0.25) is 0 Å². The van der Waals surface area contributed by atoms with Crippen LogP contribution in [0.15, 0.2) is 10.3 Å². The van der Waals surface area contributed by atoms with Crippen molar-refractivity contribution in [1.29, 1.82) is 0 Å². The molecule has 1 saturated carbocycles. The summed E-state index contributed by atoms with van der Waals surface area (Å²) in [6.45, 7) is 3.32. The number of nitrogens with zero attached hydrogens (tertiary/aromatic N) is 1. The molecule has 0 bridgehead atoms. The molecule has 0 atom stereocenters. The second-order valence-corrected chi connectivity index (χ2v) is 9.54. The fraction of sp³-hybridized carbons (Fsp3) is 0.692. The van der Waals surface area contributed by atoms with E-state index in [1.54, 1.807) is 24.9 Å². The molecule has 1 aromatic heterocycles. The van der Waals surface area contributed by atoms with Crippen molar-refractivity contribution in [3.05, 3.63) is 16.5 Å². The zero-order valence-corrected chi connectivity index (χ0v) is 14.6. The molecular formula is C13H22N2O2S3. The third-order valence-electron chi connectivity index (χ3n) is 3.40. The van der Waals surface area contributed by atoms with Crippen molar-refractivity contribution in [2.24, 2.45) is 0 Å². The van der Waals surface area contributed by atoms with Crippen molar-refractivity contribution in [2.45, 2.75) is 36.6 Å². The molecule has 0 spiro atoms. The molecule has 1 aliphatic rings. The van der Waals surface area contributed by atoms with Gasteiger partial charge in [-0.1, -0.05) is 0 Å². The molecular weight excluding hydrogens is 312 g/mol. The Kier molecular flexibility index (Phi) is 5.53. The van der Waals surface area contributed by atoms with Gasteiger partial charge in [0.15, 0.2) is 0 Å². The van der Waals surface area contributed by atoms with Gasteiger partial charge in [0.1, 0.15) is 4.21 Å². The van der Waals surface area contributed by atoms with E-state index in [-0.39, 0.29) is 0 Å². The van der Waals surface area contributed by atoms with Gasteiger partial charge in [-0.2, -0.15) is 16.1 Å². The number of aryl methyl sites for hydroxylation is 1. The maximum atomic E-state index is 12.5. The molecule has 0 aromatic carbocycles. The van der Waals surface area contributed by atoms with Crippen molar-refractivity contribution >= 4 is 33.1 Å². The molecule has 1 aromatic rings. The Bertz CT molecular complexity index is 550. The summed E-state index contributed by atoms with van der Waals surface area (Å²) >= 11 is 3.05. The summed E-state index contributed by atoms with van der Waals surface area (Å²) in [7, 11) is -1.67. The molecule has 0 radical (unpaired) electrons. The van der Waals surface area contributed by atoms with Gasteiger partial charge < -0.3 is 5.32 Å². The minimum Gasteiger partial charge on any atom is -0.309 e. The minimum absolute atomic E-state index is 0.464. The zero-order valence-electron chi connectivity index (χ0n) is 12.2. The molecule has 0 amide bonds. The van der Waals surface area contributed by atoms with E-state index in [4.69, 9.17) is 0 Å². The van der Waals surface area contributed by atoms with Crippen LogP contribution in [0.4, 0.5) is 0 Å². The lowest BCUT2D eigenvalue weighted by molar-refractivity contribution is 0.490. The van der Waals surface area contributed by atoms with Gasteiger partial charge in [-0.05, 0) is 37.7 Å². The summed E-state index contributed by atoms with van der Waals surface area (Å²) in [4.78, 5) is 1.13. The topological polar surface area (TPSA) is 49.4 Å². The molecule has 20 heavy (non-hydrogen) atoms. The Morgan fingerprint density at radius 3 is 2.80 bits per heavy atom. The van der Waals surface area contributed by atoms with Crippen molar-refractivity contribution in [3.8, 4) is 0 Å². The average Bonchev–Trinajstić information content (AvgIpc) is 3.16. The highest BCUT2D eigenvalue weighted by molar-refractivity contribution is 7.98. The normalized spacial score (nSPS) is 16.0. The van der Waals surface area contributed by atoms with Crippen molar-refractivity contribution < 1.29 is 8.42 Å². The summed E-state index contributed by atoms with van der Waals surface area (Å²) in [6.07, 6.45) is 4.47. The smallest absolute Gasteiger partial charge is 0.252 e. The van der Waals surface area contributed by atoms with E-state index in [9.17, 15) is 8.42 Å². The molecule has 0 unspecified atom stereocenters. The van der Waals surface area contributed by atoms with E-state index in [1.807, 2.05) is 13.2 Å². The number of thioether (sulfide) groups is 1. The Morgan fingerprint density at radius 2 is 2.20 bits per heavy atom. The molecule has 2 rings (SSSR count). The van der Waals surface area contributed by atoms with Gasteiger partial charge in [-0.25, -0.2) is 8.42 Å². The molecule has 0 saturated heterocycles. The van der Waals surface area contributed by atoms with Gasteiger partial charge in [0.2, 0.25) is 0 Å². The standard InChI is InChI=1S/C13H22N2O2S3/c1-10-8-13(19-12(10)9-14-11-4-5-11)20(16,17)15(2)6-7-18-3/h8,11,14H,4-7,9H2,1-3H3. The highest BCUT2D eigenvalue weighted by atomic mass is 32.2. The lowest BCUT2D eigenvalue weighted by atomic mass is 10.3. The average molecular weight is 335 g/mol. The van der Waals surface area contributed by atoms with E-state index in [2.05, 4.69) is 5.32 Å². The van der Waals surface area contributed by atoms with E-state index < -0.39 is 10.0 Å². The van der Waals surface area contributed by atoms with Crippen LogP contribution in [0.3, 0.4) is 0 Å². The van der Waals surface area contributed by atoms with Crippen molar-refractivity contribution in [1.82, 2.24) is 9.62 Å². The van der Waals surface area contributed by atoms with Gasteiger partial charge in [0.25, 0.3) is 10.0 Å². The maximum Gasteiger partial charge on any atom is 0.252 e. The first-order valence-corrected chi connectivity index (χ1v) is 10.4. The number of hydrogen-bond donors (Lipinski definition) is 1. The third-order valence-corrected chi connectivity index (χ3v) is 7.54. The van der Waals surface area contributed by atoms with Crippen LogP contribution >= 0.6 is 23.1 Å². The lowest BCUT2D eigenvalue weighted by Gasteiger charge is -2.14. The van der Waals surface area contributed by atoms with Crippen molar-refractivity contribution in [3.63, 3.8) is 0 Å². The molecule has 1 fully saturated rings. The first-order chi connectivity index (χ1) is 9.45. The van der Waals surface area contributed by atoms with E-state index >= 15 is 0 Å². The first kappa shape index (κ1) is 16.3. The summed E-state index contributed by atoms with van der Waals surface area (Å²) in [6, 6.07) is 2.44. The number of sulfonamides is 1. The quantitative estimate of drug-likeness (QED) is 0.792. The highest BCUT2D eigenvalue weighted by Gasteiger charge is 2.25. The fourth-order valence-corrected chi connectivity index (χ4v) is 5.30. The molecule has 1 aliphatic carbocycles. The Morgan fingerprint density at radius 1 is 1.50 bits per heavy atom. The molecule has 4 nitrogen and oxygen atoms in total. The SMILES string of the molecule is CSCCN(C)S(=O)(=O)c1cc(C)c(CNC2CC2)s1. The largest absolute Gasteiger partial charge is 0.309 e. The number of rotatable bonds is 8. The van der Waals surface area contributed by atoms with Crippen LogP contribution in [0, 0.1) is 6.92 Å². The number of nitrogens with one attached hydrogen (secondary N) is 1. The molecule has 114 valence electrons. The zero-order chi connectivity index (χ0) is 14.8. The Balaban J connectivity index is 2.08. The Labute approximate surface area is 130 Å². The first-order valence-electron chi connectivity index (χ1n) is 6.73. The minimum atomic E-state index is -3.33. The highest BCUT2D eigenvalue weighted by Crippen LogP contribution is 2.29. The molecule has 1 N–H and O–H groups in total. The van der Waals surface area contributed by atoms with Crippen LogP contribution in [-0.2, 0) is 16.6 Å². The van der Waals surface area contributed by atoms with Gasteiger partial charge >= 0.3 is 0 Å². The molecule has 7 heteroatoms. The lowest BCUT2D eigenvalue weighted by Crippen LogP contribution is -2.28. The van der Waals surface area contributed by atoms with Crippen LogP contribution in [0.5, 0.6) is 0 Å². The van der Waals surface area contributed by atoms with Crippen LogP contribution in [0.1, 0.15) is 23.3 Å². The van der Waals surface area contributed by atoms with Gasteiger partial charge in [0.05, 0.1) is 0 Å². The maximum absolute atomic E-state index is 12.5. The predicted octanol–water partition coefficient (Wildman–Crippen LogP) is 2.29. The van der Waals surface area contributed by atoms with Crippen LogP contribution in [0.25, 0.3) is 0 Å². The third kappa shape index (κ3) is 3.98. The fourth-order valence-electron chi connectivity index (χ4n) is 1.81. The van der Waals surface area contributed by atoms with E-state index in [0.29, 0.717) is 16.8 Å². The molecule has 1 heterocycles. The summed E-state index contributed by atoms with van der Waals surface area (Å²) in [5, 5.41) is 3.44. The van der Waals surface area contributed by atoms with Crippen molar-refractivity contribution in [2.75, 3.05) is 25.6 Å². The summed E-state index contributed by atoms with van der Waals surface area (Å²) < 4.78 is 26.8. The van der Waals surface area contributed by atoms with E-state index in [1.165, 1.54) is 28.5 Å². The molecule has 0 aliphatic heterocycles. The monoisotopic (exact) mass is 334 g/mol. The second kappa shape index (κ2) is 6.79. The predicted molar refractivity (Wildman–Crippen MR) is 87.1 cm³/mol. The van der Waals surface area contributed by atoms with Gasteiger partial charge in [0, 0.05) is 36.8 Å². The Hall–Kier alpha value is -0.0800. The van der Waals surface area contributed by atoms with E-state index in [0.717, 1.165) is 22.7 Å². The number of hydrogen-bond acceptors (Lipinski definition) is 5. The summed E-state index contributed by atoms with van der Waals surface area (Å²) in [5.74, 6) is 0.816. The van der Waals surface area contributed by atoms with Gasteiger partial charge in [-0.15, -0.1) is 11.3 Å².